The first kappa shape index (κ1) is 14.9. The Labute approximate surface area is 122 Å². The molecular weight excluding hydrogens is 248 g/mol. The van der Waals surface area contributed by atoms with Gasteiger partial charge in [0.2, 0.25) is 5.96 Å². The summed E-state index contributed by atoms with van der Waals surface area (Å²) in [5.41, 5.74) is 4.10. The topological polar surface area (TPSA) is 53.6 Å². The molecule has 4 heteroatoms. The molecule has 1 aromatic carbocycles. The highest BCUT2D eigenvalue weighted by Gasteiger charge is 2.14. The summed E-state index contributed by atoms with van der Waals surface area (Å²) in [6.45, 7) is 0.916. The van der Waals surface area contributed by atoms with Crippen LogP contribution in [0.5, 0.6) is 0 Å². The molecule has 4 nitrogen and oxygen atoms in total. The lowest BCUT2D eigenvalue weighted by Gasteiger charge is -2.24. The van der Waals surface area contributed by atoms with E-state index >= 15 is 0 Å². The van der Waals surface area contributed by atoms with E-state index in [1.54, 1.807) is 0 Å². The monoisotopic (exact) mass is 274 g/mol. The SMILES string of the molecule is CN(CCc1ccccc1)C(=NC1CCCCC1)NN. The zero-order chi connectivity index (χ0) is 14.2. The molecule has 0 bridgehead atoms. The van der Waals surface area contributed by atoms with Crippen molar-refractivity contribution in [1.82, 2.24) is 10.3 Å². The third kappa shape index (κ3) is 4.53. The Morgan fingerprint density at radius 1 is 1.25 bits per heavy atom. The van der Waals surface area contributed by atoms with Crippen LogP contribution in [0.3, 0.4) is 0 Å². The van der Waals surface area contributed by atoms with Gasteiger partial charge in [0, 0.05) is 13.6 Å². The molecule has 0 aliphatic heterocycles. The van der Waals surface area contributed by atoms with E-state index < -0.39 is 0 Å². The summed E-state index contributed by atoms with van der Waals surface area (Å²) in [5.74, 6) is 6.45. The van der Waals surface area contributed by atoms with Crippen LogP contribution in [-0.4, -0.2) is 30.5 Å². The van der Waals surface area contributed by atoms with Gasteiger partial charge in [0.05, 0.1) is 6.04 Å². The molecule has 0 unspecified atom stereocenters. The van der Waals surface area contributed by atoms with Crippen molar-refractivity contribution in [2.75, 3.05) is 13.6 Å². The van der Waals surface area contributed by atoms with Crippen molar-refractivity contribution >= 4 is 5.96 Å². The fraction of sp³-hybridized carbons (Fsp3) is 0.562. The Morgan fingerprint density at radius 3 is 2.60 bits per heavy atom. The summed E-state index contributed by atoms with van der Waals surface area (Å²) in [5, 5.41) is 0. The summed E-state index contributed by atoms with van der Waals surface area (Å²) in [7, 11) is 2.05. The minimum atomic E-state index is 0.439. The highest BCUT2D eigenvalue weighted by Crippen LogP contribution is 2.20. The van der Waals surface area contributed by atoms with E-state index in [0.29, 0.717) is 6.04 Å². The van der Waals surface area contributed by atoms with Gasteiger partial charge in [-0.3, -0.25) is 5.43 Å². The van der Waals surface area contributed by atoms with Crippen molar-refractivity contribution in [1.29, 1.82) is 0 Å². The second kappa shape index (κ2) is 7.90. The normalized spacial score (nSPS) is 17.0. The van der Waals surface area contributed by atoms with E-state index in [2.05, 4.69) is 34.6 Å². The summed E-state index contributed by atoms with van der Waals surface area (Å²) in [6.07, 6.45) is 7.32. The first-order valence-corrected chi connectivity index (χ1v) is 7.59. The number of nitrogens with one attached hydrogen (secondary N) is 1. The van der Waals surface area contributed by atoms with Crippen molar-refractivity contribution in [2.45, 2.75) is 44.6 Å². The lowest BCUT2D eigenvalue weighted by atomic mass is 9.96. The Kier molecular flexibility index (Phi) is 5.87. The maximum absolute atomic E-state index is 5.64. The van der Waals surface area contributed by atoms with Gasteiger partial charge in [0.25, 0.3) is 0 Å². The van der Waals surface area contributed by atoms with Gasteiger partial charge in [-0.1, -0.05) is 49.6 Å². The molecule has 1 aliphatic rings. The van der Waals surface area contributed by atoms with Gasteiger partial charge in [-0.15, -0.1) is 0 Å². The first-order chi connectivity index (χ1) is 9.79. The van der Waals surface area contributed by atoms with Crippen LogP contribution in [0.2, 0.25) is 0 Å². The minimum absolute atomic E-state index is 0.439. The average molecular weight is 274 g/mol. The number of hydrogen-bond acceptors (Lipinski definition) is 2. The predicted octanol–water partition coefficient (Wildman–Crippen LogP) is 2.31. The highest BCUT2D eigenvalue weighted by atomic mass is 15.4. The van der Waals surface area contributed by atoms with Gasteiger partial charge in [-0.05, 0) is 24.8 Å². The molecule has 1 fully saturated rings. The van der Waals surface area contributed by atoms with Crippen LogP contribution in [-0.2, 0) is 6.42 Å². The van der Waals surface area contributed by atoms with E-state index in [1.807, 2.05) is 13.1 Å². The Morgan fingerprint density at radius 2 is 1.95 bits per heavy atom. The number of aliphatic imine (C=N–C) groups is 1. The zero-order valence-electron chi connectivity index (χ0n) is 12.4. The molecule has 20 heavy (non-hydrogen) atoms. The number of nitrogens with two attached hydrogens (primary N) is 1. The summed E-state index contributed by atoms with van der Waals surface area (Å²) < 4.78 is 0. The van der Waals surface area contributed by atoms with Crippen LogP contribution in [0, 0.1) is 0 Å². The fourth-order valence-electron chi connectivity index (χ4n) is 2.68. The fourth-order valence-corrected chi connectivity index (χ4v) is 2.68. The van der Waals surface area contributed by atoms with E-state index in [1.165, 1.54) is 37.7 Å². The van der Waals surface area contributed by atoms with Gasteiger partial charge >= 0.3 is 0 Å². The number of guanidine groups is 1. The van der Waals surface area contributed by atoms with Crippen molar-refractivity contribution in [3.8, 4) is 0 Å². The van der Waals surface area contributed by atoms with Crippen LogP contribution in [0.4, 0.5) is 0 Å². The Balaban J connectivity index is 1.87. The number of likely N-dealkylation sites (N-methyl/N-ethyl adjacent to an activating group) is 1. The van der Waals surface area contributed by atoms with Crippen LogP contribution in [0.1, 0.15) is 37.7 Å². The van der Waals surface area contributed by atoms with E-state index in [0.717, 1.165) is 18.9 Å². The summed E-state index contributed by atoms with van der Waals surface area (Å²) >= 11 is 0. The third-order valence-electron chi connectivity index (χ3n) is 3.95. The second-order valence-corrected chi connectivity index (χ2v) is 5.55. The number of rotatable bonds is 4. The third-order valence-corrected chi connectivity index (χ3v) is 3.95. The molecular formula is C16H26N4. The Bertz CT molecular complexity index is 410. The molecule has 0 atom stereocenters. The van der Waals surface area contributed by atoms with Crippen molar-refractivity contribution < 1.29 is 0 Å². The van der Waals surface area contributed by atoms with Crippen LogP contribution in [0.15, 0.2) is 35.3 Å². The molecule has 1 saturated carbocycles. The maximum Gasteiger partial charge on any atom is 0.208 e. The van der Waals surface area contributed by atoms with E-state index in [4.69, 9.17) is 10.8 Å². The Hall–Kier alpha value is -1.55. The van der Waals surface area contributed by atoms with Crippen molar-refractivity contribution in [3.05, 3.63) is 35.9 Å². The molecule has 1 aromatic rings. The van der Waals surface area contributed by atoms with Gasteiger partial charge in [0.1, 0.15) is 0 Å². The number of nitrogens with zero attached hydrogens (tertiary/aromatic N) is 2. The van der Waals surface area contributed by atoms with Crippen LogP contribution in [0.25, 0.3) is 0 Å². The molecule has 0 amide bonds. The molecule has 110 valence electrons. The van der Waals surface area contributed by atoms with Crippen molar-refractivity contribution in [3.63, 3.8) is 0 Å². The smallest absolute Gasteiger partial charge is 0.208 e. The van der Waals surface area contributed by atoms with E-state index in [-0.39, 0.29) is 0 Å². The van der Waals surface area contributed by atoms with Gasteiger partial charge in [-0.25, -0.2) is 10.8 Å². The largest absolute Gasteiger partial charge is 0.345 e. The summed E-state index contributed by atoms with van der Waals surface area (Å²) in [6, 6.07) is 10.9. The number of hydrazine groups is 1. The molecule has 0 heterocycles. The quantitative estimate of drug-likeness (QED) is 0.383. The predicted molar refractivity (Wildman–Crippen MR) is 84.4 cm³/mol. The van der Waals surface area contributed by atoms with Crippen LogP contribution >= 0.6 is 0 Å². The van der Waals surface area contributed by atoms with E-state index in [9.17, 15) is 0 Å². The number of benzene rings is 1. The molecule has 0 spiro atoms. The zero-order valence-corrected chi connectivity index (χ0v) is 12.4. The minimum Gasteiger partial charge on any atom is -0.345 e. The lowest BCUT2D eigenvalue weighted by Crippen LogP contribution is -2.44. The molecule has 3 N–H and O–H groups in total. The van der Waals surface area contributed by atoms with Crippen molar-refractivity contribution in [2.24, 2.45) is 10.8 Å². The van der Waals surface area contributed by atoms with Crippen LogP contribution < -0.4 is 11.3 Å². The van der Waals surface area contributed by atoms with Gasteiger partial charge in [-0.2, -0.15) is 0 Å². The molecule has 0 aromatic heterocycles. The first-order valence-electron chi connectivity index (χ1n) is 7.59. The molecule has 1 aliphatic carbocycles. The average Bonchev–Trinajstić information content (AvgIpc) is 2.52. The molecule has 0 saturated heterocycles. The summed E-state index contributed by atoms with van der Waals surface area (Å²) in [4.78, 5) is 6.89. The number of hydrogen-bond donors (Lipinski definition) is 2. The maximum atomic E-state index is 5.64. The van der Waals surface area contributed by atoms with Gasteiger partial charge < -0.3 is 4.90 Å². The second-order valence-electron chi connectivity index (χ2n) is 5.55. The molecule has 2 rings (SSSR count). The lowest BCUT2D eigenvalue weighted by molar-refractivity contribution is 0.425. The standard InChI is InChI=1S/C16H26N4/c1-20(13-12-14-8-4-2-5-9-14)16(19-17)18-15-10-6-3-7-11-15/h2,4-5,8-9,15H,3,6-7,10-13,17H2,1H3,(H,18,19). The molecule has 0 radical (unpaired) electrons. The highest BCUT2D eigenvalue weighted by molar-refractivity contribution is 5.79. The van der Waals surface area contributed by atoms with Gasteiger partial charge in [0.15, 0.2) is 0 Å².